The number of rotatable bonds is 3. The molecule has 0 aromatic heterocycles. The van der Waals surface area contributed by atoms with Crippen molar-refractivity contribution in [3.05, 3.63) is 29.6 Å². The molecule has 1 aliphatic carbocycles. The molecule has 0 spiro atoms. The Morgan fingerprint density at radius 3 is 2.81 bits per heavy atom. The highest BCUT2D eigenvalue weighted by atomic mass is 19.1. The van der Waals surface area contributed by atoms with E-state index in [1.54, 1.807) is 0 Å². The summed E-state index contributed by atoms with van der Waals surface area (Å²) >= 11 is 0. The molecule has 2 N–H and O–H groups in total. The minimum atomic E-state index is -0.395. The summed E-state index contributed by atoms with van der Waals surface area (Å²) in [5.74, 6) is 5.13. The Bertz CT molecular complexity index is 580. The highest BCUT2D eigenvalue weighted by Gasteiger charge is 2.36. The predicted molar refractivity (Wildman–Crippen MR) is 80.2 cm³/mol. The van der Waals surface area contributed by atoms with Crippen LogP contribution < -0.4 is 5.32 Å². The van der Waals surface area contributed by atoms with Gasteiger partial charge in [-0.3, -0.25) is 4.79 Å². The summed E-state index contributed by atoms with van der Waals surface area (Å²) in [6.07, 6.45) is 4.21. The maximum atomic E-state index is 13.3. The van der Waals surface area contributed by atoms with Crippen molar-refractivity contribution in [2.24, 2.45) is 5.41 Å². The molecule has 4 heteroatoms. The van der Waals surface area contributed by atoms with E-state index < -0.39 is 5.82 Å². The van der Waals surface area contributed by atoms with Gasteiger partial charge in [-0.25, -0.2) is 4.39 Å². The molecule has 1 aromatic rings. The molecule has 1 fully saturated rings. The van der Waals surface area contributed by atoms with Crippen molar-refractivity contribution < 1.29 is 14.3 Å². The normalized spacial score (nSPS) is 16.1. The van der Waals surface area contributed by atoms with Crippen LogP contribution in [0.4, 0.5) is 10.1 Å². The van der Waals surface area contributed by atoms with Crippen LogP contribution in [0, 0.1) is 23.1 Å². The number of anilines is 1. The molecule has 1 saturated carbocycles. The second kappa shape index (κ2) is 6.73. The minimum absolute atomic E-state index is 0.0307. The van der Waals surface area contributed by atoms with E-state index in [1.165, 1.54) is 18.2 Å². The predicted octanol–water partition coefficient (Wildman–Crippen LogP) is 3.08. The second-order valence-corrected chi connectivity index (χ2v) is 5.69. The summed E-state index contributed by atoms with van der Waals surface area (Å²) in [6, 6.07) is 4.15. The van der Waals surface area contributed by atoms with Gasteiger partial charge in [-0.1, -0.05) is 31.6 Å². The molecule has 2 rings (SSSR count). The third-order valence-corrected chi connectivity index (χ3v) is 3.94. The number of aliphatic hydroxyl groups is 1. The van der Waals surface area contributed by atoms with Gasteiger partial charge >= 0.3 is 0 Å². The zero-order valence-corrected chi connectivity index (χ0v) is 12.2. The number of nitrogens with one attached hydrogen (secondary N) is 1. The molecule has 0 saturated heterocycles. The van der Waals surface area contributed by atoms with E-state index in [0.29, 0.717) is 17.7 Å². The Morgan fingerprint density at radius 1 is 1.43 bits per heavy atom. The summed E-state index contributed by atoms with van der Waals surface area (Å²) in [6.45, 7) is 1.93. The first-order chi connectivity index (χ1) is 10.0. The van der Waals surface area contributed by atoms with Crippen LogP contribution >= 0.6 is 0 Å². The lowest BCUT2D eigenvalue weighted by molar-refractivity contribution is -0.124. The lowest BCUT2D eigenvalue weighted by Gasteiger charge is -2.22. The largest absolute Gasteiger partial charge is 0.395 e. The van der Waals surface area contributed by atoms with Gasteiger partial charge in [0.25, 0.3) is 0 Å². The van der Waals surface area contributed by atoms with E-state index in [9.17, 15) is 9.18 Å². The van der Waals surface area contributed by atoms with E-state index in [4.69, 9.17) is 5.11 Å². The Morgan fingerprint density at radius 2 is 2.14 bits per heavy atom. The second-order valence-electron chi connectivity index (χ2n) is 5.69. The Balaban J connectivity index is 2.19. The minimum Gasteiger partial charge on any atom is -0.395 e. The summed E-state index contributed by atoms with van der Waals surface area (Å²) in [5, 5.41) is 11.6. The average Bonchev–Trinajstić information content (AvgIpc) is 2.90. The van der Waals surface area contributed by atoms with Crippen molar-refractivity contribution >= 4 is 11.6 Å². The van der Waals surface area contributed by atoms with E-state index in [-0.39, 0.29) is 17.9 Å². The first-order valence-electron chi connectivity index (χ1n) is 7.26. The number of benzene rings is 1. The van der Waals surface area contributed by atoms with Gasteiger partial charge in [0, 0.05) is 11.8 Å². The van der Waals surface area contributed by atoms with Crippen molar-refractivity contribution in [1.82, 2.24) is 0 Å². The molecule has 0 unspecified atom stereocenters. The van der Waals surface area contributed by atoms with E-state index in [0.717, 1.165) is 25.7 Å². The fraction of sp³-hybridized carbons (Fsp3) is 0.471. The van der Waals surface area contributed by atoms with Gasteiger partial charge in [0.2, 0.25) is 5.91 Å². The lowest BCUT2D eigenvalue weighted by Crippen LogP contribution is -2.31. The Labute approximate surface area is 124 Å². The maximum Gasteiger partial charge on any atom is 0.230 e. The van der Waals surface area contributed by atoms with Crippen LogP contribution in [-0.2, 0) is 4.79 Å². The van der Waals surface area contributed by atoms with Crippen molar-refractivity contribution in [2.45, 2.75) is 39.0 Å². The van der Waals surface area contributed by atoms with Gasteiger partial charge in [-0.15, -0.1) is 0 Å². The molecule has 0 radical (unpaired) electrons. The van der Waals surface area contributed by atoms with Crippen LogP contribution in [0.15, 0.2) is 18.2 Å². The molecular formula is C17H20FNO2. The number of carbonyl (C=O) groups is 1. The fourth-order valence-electron chi connectivity index (χ4n) is 2.60. The number of halogens is 1. The monoisotopic (exact) mass is 289 g/mol. The quantitative estimate of drug-likeness (QED) is 0.840. The molecule has 0 atom stereocenters. The summed E-state index contributed by atoms with van der Waals surface area (Å²) < 4.78 is 13.3. The third-order valence-electron chi connectivity index (χ3n) is 3.94. The Kier molecular flexibility index (Phi) is 4.98. The van der Waals surface area contributed by atoms with Crippen molar-refractivity contribution in [3.63, 3.8) is 0 Å². The highest BCUT2D eigenvalue weighted by Crippen LogP contribution is 2.38. The SMILES string of the molecule is CC1(C(=O)Nc2ccc(F)cc2C#CCCO)CCCC1. The molecule has 1 amide bonds. The molecule has 0 aliphatic heterocycles. The van der Waals surface area contributed by atoms with E-state index >= 15 is 0 Å². The molecule has 112 valence electrons. The molecule has 1 aromatic carbocycles. The van der Waals surface area contributed by atoms with Gasteiger partial charge in [0.1, 0.15) is 5.82 Å². The number of carbonyl (C=O) groups excluding carboxylic acids is 1. The first-order valence-corrected chi connectivity index (χ1v) is 7.26. The summed E-state index contributed by atoms with van der Waals surface area (Å²) in [7, 11) is 0. The van der Waals surface area contributed by atoms with Crippen LogP contribution in [0.5, 0.6) is 0 Å². The molecule has 0 bridgehead atoms. The summed E-state index contributed by atoms with van der Waals surface area (Å²) in [5.41, 5.74) is 0.628. The van der Waals surface area contributed by atoms with Crippen molar-refractivity contribution in [1.29, 1.82) is 0 Å². The van der Waals surface area contributed by atoms with Gasteiger partial charge in [0.05, 0.1) is 17.9 Å². The third kappa shape index (κ3) is 3.83. The first kappa shape index (κ1) is 15.5. The van der Waals surface area contributed by atoms with Gasteiger partial charge in [-0.2, -0.15) is 0 Å². The standard InChI is InChI=1S/C17H20FNO2/c1-17(9-3-4-10-17)16(21)19-15-8-7-14(18)12-13(15)6-2-5-11-20/h7-8,12,20H,3-5,9-11H2,1H3,(H,19,21). The number of hydrogen-bond donors (Lipinski definition) is 2. The number of aliphatic hydroxyl groups excluding tert-OH is 1. The van der Waals surface area contributed by atoms with Crippen LogP contribution in [-0.4, -0.2) is 17.6 Å². The molecular weight excluding hydrogens is 269 g/mol. The van der Waals surface area contributed by atoms with E-state index in [2.05, 4.69) is 17.2 Å². The topological polar surface area (TPSA) is 49.3 Å². The van der Waals surface area contributed by atoms with Gasteiger partial charge in [0.15, 0.2) is 0 Å². The molecule has 0 heterocycles. The number of hydrogen-bond acceptors (Lipinski definition) is 2. The Hall–Kier alpha value is -1.86. The van der Waals surface area contributed by atoms with Crippen LogP contribution in [0.3, 0.4) is 0 Å². The lowest BCUT2D eigenvalue weighted by atomic mass is 9.87. The van der Waals surface area contributed by atoms with Crippen molar-refractivity contribution in [3.8, 4) is 11.8 Å². The van der Waals surface area contributed by atoms with Crippen LogP contribution in [0.25, 0.3) is 0 Å². The van der Waals surface area contributed by atoms with Crippen LogP contribution in [0.2, 0.25) is 0 Å². The van der Waals surface area contributed by atoms with Crippen molar-refractivity contribution in [2.75, 3.05) is 11.9 Å². The molecule has 3 nitrogen and oxygen atoms in total. The fourth-order valence-corrected chi connectivity index (χ4v) is 2.60. The zero-order chi connectivity index (χ0) is 15.3. The molecule has 1 aliphatic rings. The van der Waals surface area contributed by atoms with E-state index in [1.807, 2.05) is 6.92 Å². The highest BCUT2D eigenvalue weighted by molar-refractivity contribution is 5.96. The van der Waals surface area contributed by atoms with Gasteiger partial charge < -0.3 is 10.4 Å². The number of amides is 1. The molecule has 21 heavy (non-hydrogen) atoms. The van der Waals surface area contributed by atoms with Gasteiger partial charge in [-0.05, 0) is 31.0 Å². The smallest absolute Gasteiger partial charge is 0.230 e. The van der Waals surface area contributed by atoms with Crippen LogP contribution in [0.1, 0.15) is 44.6 Å². The summed E-state index contributed by atoms with van der Waals surface area (Å²) in [4.78, 5) is 12.4. The zero-order valence-electron chi connectivity index (χ0n) is 12.2. The maximum absolute atomic E-state index is 13.3. The average molecular weight is 289 g/mol.